The van der Waals surface area contributed by atoms with Crippen molar-refractivity contribution in [1.29, 1.82) is 0 Å². The van der Waals surface area contributed by atoms with Gasteiger partial charge in [0.15, 0.2) is 5.82 Å². The number of carbonyl (C=O) groups is 1. The van der Waals surface area contributed by atoms with Crippen LogP contribution in [0.1, 0.15) is 10.4 Å². The molecule has 0 radical (unpaired) electrons. The average molecular weight is 367 g/mol. The van der Waals surface area contributed by atoms with Crippen LogP contribution in [-0.4, -0.2) is 21.0 Å². The van der Waals surface area contributed by atoms with Gasteiger partial charge in [0.05, 0.1) is 18.1 Å². The quantitative estimate of drug-likeness (QED) is 0.545. The van der Waals surface area contributed by atoms with Crippen molar-refractivity contribution in [2.75, 3.05) is 5.32 Å². The van der Waals surface area contributed by atoms with Gasteiger partial charge < -0.3 is 10.4 Å². The molecule has 0 saturated heterocycles. The molecular weight excluding hydrogens is 350 g/mol. The Labute approximate surface area is 162 Å². The molecule has 0 fully saturated rings. The molecule has 4 aromatic rings. The summed E-state index contributed by atoms with van der Waals surface area (Å²) in [5, 5.41) is 12.3. The number of phenolic OH excluding ortho intramolecular Hbond substituents is 1. The van der Waals surface area contributed by atoms with E-state index in [2.05, 4.69) is 15.3 Å². The third-order valence-electron chi connectivity index (χ3n) is 4.27. The summed E-state index contributed by atoms with van der Waals surface area (Å²) in [5.74, 6) is 0.395. The highest BCUT2D eigenvalue weighted by Crippen LogP contribution is 2.21. The third kappa shape index (κ3) is 3.88. The second kappa shape index (κ2) is 7.72. The highest BCUT2D eigenvalue weighted by Gasteiger charge is 2.08. The standard InChI is InChI=1S/C23H17N3O2/c27-21-8-4-7-19(13-21)22-24-14-20(15-25-22)26-23(28)18-11-9-17(10-12-18)16-5-2-1-3-6-16/h1-15,27H,(H,26,28). The molecule has 136 valence electrons. The van der Waals surface area contributed by atoms with Crippen LogP contribution in [0.3, 0.4) is 0 Å². The fourth-order valence-corrected chi connectivity index (χ4v) is 2.83. The maximum absolute atomic E-state index is 12.5. The fraction of sp³-hybridized carbons (Fsp3) is 0. The lowest BCUT2D eigenvalue weighted by Crippen LogP contribution is -2.12. The number of benzene rings is 3. The molecule has 1 heterocycles. The van der Waals surface area contributed by atoms with Crippen LogP contribution in [0.5, 0.6) is 5.75 Å². The van der Waals surface area contributed by atoms with Crippen LogP contribution in [0.25, 0.3) is 22.5 Å². The van der Waals surface area contributed by atoms with Crippen LogP contribution in [0, 0.1) is 0 Å². The Balaban J connectivity index is 1.46. The van der Waals surface area contributed by atoms with Crippen molar-refractivity contribution in [2.24, 2.45) is 0 Å². The number of rotatable bonds is 4. The summed E-state index contributed by atoms with van der Waals surface area (Å²) >= 11 is 0. The number of phenols is 1. The summed E-state index contributed by atoms with van der Waals surface area (Å²) in [5.41, 5.74) is 3.91. The van der Waals surface area contributed by atoms with Crippen molar-refractivity contribution in [2.45, 2.75) is 0 Å². The van der Waals surface area contributed by atoms with Gasteiger partial charge in [0, 0.05) is 11.1 Å². The Hall–Kier alpha value is -3.99. The highest BCUT2D eigenvalue weighted by atomic mass is 16.3. The van der Waals surface area contributed by atoms with Gasteiger partial charge >= 0.3 is 0 Å². The molecule has 0 bridgehead atoms. The minimum absolute atomic E-state index is 0.150. The molecule has 5 heteroatoms. The van der Waals surface area contributed by atoms with Crippen molar-refractivity contribution < 1.29 is 9.90 Å². The molecule has 4 rings (SSSR count). The molecular formula is C23H17N3O2. The number of hydrogen-bond acceptors (Lipinski definition) is 4. The molecule has 0 spiro atoms. The summed E-state index contributed by atoms with van der Waals surface area (Å²) < 4.78 is 0. The summed E-state index contributed by atoms with van der Waals surface area (Å²) in [4.78, 5) is 21.0. The second-order valence-corrected chi connectivity index (χ2v) is 6.24. The highest BCUT2D eigenvalue weighted by molar-refractivity contribution is 6.04. The predicted molar refractivity (Wildman–Crippen MR) is 109 cm³/mol. The van der Waals surface area contributed by atoms with Crippen molar-refractivity contribution in [3.05, 3.63) is 96.8 Å². The van der Waals surface area contributed by atoms with Gasteiger partial charge in [-0.15, -0.1) is 0 Å². The van der Waals surface area contributed by atoms with E-state index in [9.17, 15) is 9.90 Å². The van der Waals surface area contributed by atoms with Gasteiger partial charge in [0.1, 0.15) is 5.75 Å². The monoisotopic (exact) mass is 367 g/mol. The second-order valence-electron chi connectivity index (χ2n) is 6.24. The van der Waals surface area contributed by atoms with Crippen molar-refractivity contribution in [3.8, 4) is 28.3 Å². The molecule has 0 atom stereocenters. The average Bonchev–Trinajstić information content (AvgIpc) is 2.75. The Morgan fingerprint density at radius 1 is 0.750 bits per heavy atom. The summed E-state index contributed by atoms with van der Waals surface area (Å²) in [6.45, 7) is 0. The Kier molecular flexibility index (Phi) is 4.80. The Bertz CT molecular complexity index is 1090. The van der Waals surface area contributed by atoms with Gasteiger partial charge in [-0.3, -0.25) is 4.79 Å². The van der Waals surface area contributed by atoms with E-state index in [0.717, 1.165) is 11.1 Å². The molecule has 2 N–H and O–H groups in total. The van der Waals surface area contributed by atoms with E-state index < -0.39 is 0 Å². The van der Waals surface area contributed by atoms with E-state index in [1.807, 2.05) is 48.5 Å². The molecule has 5 nitrogen and oxygen atoms in total. The topological polar surface area (TPSA) is 75.1 Å². The maximum atomic E-state index is 12.5. The number of hydrogen-bond donors (Lipinski definition) is 2. The number of anilines is 1. The summed E-state index contributed by atoms with van der Waals surface area (Å²) in [6.07, 6.45) is 3.09. The number of amides is 1. The van der Waals surface area contributed by atoms with Crippen LogP contribution in [0.2, 0.25) is 0 Å². The van der Waals surface area contributed by atoms with Crippen molar-refractivity contribution in [3.63, 3.8) is 0 Å². The molecule has 1 aromatic heterocycles. The number of aromatic nitrogens is 2. The minimum atomic E-state index is -0.228. The van der Waals surface area contributed by atoms with Crippen LogP contribution in [0.15, 0.2) is 91.3 Å². The SMILES string of the molecule is O=C(Nc1cnc(-c2cccc(O)c2)nc1)c1ccc(-c2ccccc2)cc1. The number of aromatic hydroxyl groups is 1. The molecule has 28 heavy (non-hydrogen) atoms. The zero-order valence-electron chi connectivity index (χ0n) is 14.9. The van der Waals surface area contributed by atoms with E-state index >= 15 is 0 Å². The van der Waals surface area contributed by atoms with Gasteiger partial charge in [0.25, 0.3) is 5.91 Å². The van der Waals surface area contributed by atoms with E-state index in [-0.39, 0.29) is 11.7 Å². The molecule has 0 aliphatic rings. The Morgan fingerprint density at radius 3 is 2.07 bits per heavy atom. The lowest BCUT2D eigenvalue weighted by atomic mass is 10.0. The number of nitrogens with one attached hydrogen (secondary N) is 1. The molecule has 0 unspecified atom stereocenters. The summed E-state index contributed by atoms with van der Waals surface area (Å²) in [6, 6.07) is 24.1. The fourth-order valence-electron chi connectivity index (χ4n) is 2.83. The molecule has 3 aromatic carbocycles. The van der Waals surface area contributed by atoms with Crippen LogP contribution < -0.4 is 5.32 Å². The molecule has 0 saturated carbocycles. The van der Waals surface area contributed by atoms with E-state index in [4.69, 9.17) is 0 Å². The third-order valence-corrected chi connectivity index (χ3v) is 4.27. The first-order valence-electron chi connectivity index (χ1n) is 8.77. The van der Waals surface area contributed by atoms with Gasteiger partial charge in [0.2, 0.25) is 0 Å². The normalized spacial score (nSPS) is 10.4. The Morgan fingerprint density at radius 2 is 1.39 bits per heavy atom. The van der Waals surface area contributed by atoms with Gasteiger partial charge in [-0.05, 0) is 35.4 Å². The minimum Gasteiger partial charge on any atom is -0.508 e. The van der Waals surface area contributed by atoms with E-state index in [1.54, 1.807) is 42.7 Å². The van der Waals surface area contributed by atoms with Crippen LogP contribution in [-0.2, 0) is 0 Å². The molecule has 0 aliphatic heterocycles. The first kappa shape index (κ1) is 17.4. The van der Waals surface area contributed by atoms with Crippen molar-refractivity contribution in [1.82, 2.24) is 9.97 Å². The first-order valence-corrected chi connectivity index (χ1v) is 8.77. The lowest BCUT2D eigenvalue weighted by molar-refractivity contribution is 0.102. The molecule has 1 amide bonds. The number of carbonyl (C=O) groups excluding carboxylic acids is 1. The zero-order chi connectivity index (χ0) is 19.3. The van der Waals surface area contributed by atoms with Crippen molar-refractivity contribution >= 4 is 11.6 Å². The van der Waals surface area contributed by atoms with E-state index in [1.165, 1.54) is 0 Å². The van der Waals surface area contributed by atoms with Gasteiger partial charge in [-0.1, -0.05) is 54.6 Å². The van der Waals surface area contributed by atoms with Crippen LogP contribution in [0.4, 0.5) is 5.69 Å². The molecule has 0 aliphatic carbocycles. The van der Waals surface area contributed by atoms with Gasteiger partial charge in [-0.2, -0.15) is 0 Å². The summed E-state index contributed by atoms with van der Waals surface area (Å²) in [7, 11) is 0. The lowest BCUT2D eigenvalue weighted by Gasteiger charge is -2.07. The number of nitrogens with zero attached hydrogens (tertiary/aromatic N) is 2. The smallest absolute Gasteiger partial charge is 0.255 e. The zero-order valence-corrected chi connectivity index (χ0v) is 14.9. The predicted octanol–water partition coefficient (Wildman–Crippen LogP) is 4.77. The van der Waals surface area contributed by atoms with E-state index in [0.29, 0.717) is 22.6 Å². The largest absolute Gasteiger partial charge is 0.508 e. The maximum Gasteiger partial charge on any atom is 0.255 e. The van der Waals surface area contributed by atoms with Gasteiger partial charge in [-0.25, -0.2) is 9.97 Å². The first-order chi connectivity index (χ1) is 13.7. The van der Waals surface area contributed by atoms with Crippen LogP contribution >= 0.6 is 0 Å².